The van der Waals surface area contributed by atoms with Gasteiger partial charge in [-0.25, -0.2) is 0 Å². The summed E-state index contributed by atoms with van der Waals surface area (Å²) in [4.78, 5) is 0. The van der Waals surface area contributed by atoms with Gasteiger partial charge in [-0.3, -0.25) is 0 Å². The van der Waals surface area contributed by atoms with Crippen LogP contribution in [0.2, 0.25) is 0 Å². The Balaban J connectivity index is 2.27. The average molecular weight is 301 g/mol. The maximum absolute atomic E-state index is 13.2. The van der Waals surface area contributed by atoms with E-state index >= 15 is 0 Å². The highest BCUT2D eigenvalue weighted by Crippen LogP contribution is 2.39. The lowest BCUT2D eigenvalue weighted by atomic mass is 9.78. The second-order valence-corrected chi connectivity index (χ2v) is 5.93. The third kappa shape index (κ3) is 3.63. The van der Waals surface area contributed by atoms with Crippen molar-refractivity contribution in [1.82, 2.24) is 0 Å². The molecule has 0 heterocycles. The van der Waals surface area contributed by atoms with E-state index in [1.165, 1.54) is 13.2 Å². The summed E-state index contributed by atoms with van der Waals surface area (Å²) in [5.41, 5.74) is -0.512. The number of hydrogen-bond donors (Lipinski definition) is 1. The minimum atomic E-state index is -4.39. The van der Waals surface area contributed by atoms with Crippen LogP contribution in [0.5, 0.6) is 5.75 Å². The van der Waals surface area contributed by atoms with Crippen molar-refractivity contribution in [2.24, 2.45) is 11.8 Å². The van der Waals surface area contributed by atoms with E-state index in [0.29, 0.717) is 11.8 Å². The summed E-state index contributed by atoms with van der Waals surface area (Å²) in [7, 11) is 1.37. The SMILES string of the molecule is COc1ccc(NC2CCCC(C)C2C)c(C(F)(F)F)c1. The van der Waals surface area contributed by atoms with Gasteiger partial charge in [0.1, 0.15) is 5.75 Å². The molecule has 0 amide bonds. The molecule has 1 N–H and O–H groups in total. The molecular formula is C16H22F3NO. The molecule has 2 nitrogen and oxygen atoms in total. The number of methoxy groups -OCH3 is 1. The Morgan fingerprint density at radius 1 is 1.19 bits per heavy atom. The first kappa shape index (κ1) is 16.0. The van der Waals surface area contributed by atoms with Gasteiger partial charge in [0.2, 0.25) is 0 Å². The van der Waals surface area contributed by atoms with E-state index in [0.717, 1.165) is 25.3 Å². The van der Waals surface area contributed by atoms with E-state index in [9.17, 15) is 13.2 Å². The Hall–Kier alpha value is -1.39. The lowest BCUT2D eigenvalue weighted by Gasteiger charge is -2.35. The molecule has 2 rings (SSSR count). The van der Waals surface area contributed by atoms with Gasteiger partial charge in [0.25, 0.3) is 0 Å². The molecule has 1 fully saturated rings. The maximum Gasteiger partial charge on any atom is 0.418 e. The molecule has 3 unspecified atom stereocenters. The molecule has 21 heavy (non-hydrogen) atoms. The largest absolute Gasteiger partial charge is 0.497 e. The summed E-state index contributed by atoms with van der Waals surface area (Å²) >= 11 is 0. The number of anilines is 1. The van der Waals surface area contributed by atoms with Gasteiger partial charge in [0.05, 0.1) is 12.7 Å². The summed E-state index contributed by atoms with van der Waals surface area (Å²) in [6.07, 6.45) is -1.27. The molecule has 1 aliphatic rings. The molecule has 1 saturated carbocycles. The van der Waals surface area contributed by atoms with Crippen LogP contribution in [-0.2, 0) is 6.18 Å². The number of benzene rings is 1. The lowest BCUT2D eigenvalue weighted by Crippen LogP contribution is -2.35. The maximum atomic E-state index is 13.2. The summed E-state index contributed by atoms with van der Waals surface area (Å²) < 4.78 is 44.5. The van der Waals surface area contributed by atoms with Gasteiger partial charge >= 0.3 is 6.18 Å². The first-order chi connectivity index (χ1) is 9.82. The molecular weight excluding hydrogens is 279 g/mol. The van der Waals surface area contributed by atoms with Gasteiger partial charge in [-0.1, -0.05) is 26.7 Å². The lowest BCUT2D eigenvalue weighted by molar-refractivity contribution is -0.137. The van der Waals surface area contributed by atoms with Crippen LogP contribution >= 0.6 is 0 Å². The molecule has 118 valence electrons. The van der Waals surface area contributed by atoms with Crippen LogP contribution in [0.15, 0.2) is 18.2 Å². The minimum Gasteiger partial charge on any atom is -0.497 e. The zero-order valence-corrected chi connectivity index (χ0v) is 12.6. The number of rotatable bonds is 3. The predicted molar refractivity (Wildman–Crippen MR) is 77.6 cm³/mol. The Bertz CT molecular complexity index is 487. The third-order valence-electron chi connectivity index (χ3n) is 4.58. The van der Waals surface area contributed by atoms with Crippen molar-refractivity contribution in [1.29, 1.82) is 0 Å². The average Bonchev–Trinajstić information content (AvgIpc) is 2.43. The van der Waals surface area contributed by atoms with Crippen LogP contribution in [0.25, 0.3) is 0 Å². The zero-order valence-electron chi connectivity index (χ0n) is 12.6. The monoisotopic (exact) mass is 301 g/mol. The second kappa shape index (κ2) is 6.16. The third-order valence-corrected chi connectivity index (χ3v) is 4.58. The standard InChI is InChI=1S/C16H22F3NO/c1-10-5-4-6-14(11(10)2)20-15-8-7-12(21-3)9-13(15)16(17,18)19/h7-11,14,20H,4-6H2,1-3H3. The normalized spacial score (nSPS) is 26.5. The first-order valence-corrected chi connectivity index (χ1v) is 7.34. The van der Waals surface area contributed by atoms with Gasteiger partial charge in [-0.2, -0.15) is 13.2 Å². The molecule has 0 saturated heterocycles. The quantitative estimate of drug-likeness (QED) is 0.853. The van der Waals surface area contributed by atoms with Crippen LogP contribution < -0.4 is 10.1 Å². The topological polar surface area (TPSA) is 21.3 Å². The van der Waals surface area contributed by atoms with Crippen LogP contribution in [0.1, 0.15) is 38.7 Å². The Morgan fingerprint density at radius 2 is 1.90 bits per heavy atom. The fourth-order valence-electron chi connectivity index (χ4n) is 3.00. The van der Waals surface area contributed by atoms with E-state index in [-0.39, 0.29) is 17.5 Å². The minimum absolute atomic E-state index is 0.0863. The van der Waals surface area contributed by atoms with Gasteiger partial charge in [0.15, 0.2) is 0 Å². The number of ether oxygens (including phenoxy) is 1. The molecule has 1 aromatic carbocycles. The number of hydrogen-bond acceptors (Lipinski definition) is 2. The van der Waals surface area contributed by atoms with Crippen molar-refractivity contribution in [2.75, 3.05) is 12.4 Å². The van der Waals surface area contributed by atoms with Crippen LogP contribution in [-0.4, -0.2) is 13.2 Å². The van der Waals surface area contributed by atoms with E-state index in [1.54, 1.807) is 6.07 Å². The van der Waals surface area contributed by atoms with Gasteiger partial charge < -0.3 is 10.1 Å². The van der Waals surface area contributed by atoms with E-state index in [4.69, 9.17) is 4.74 Å². The molecule has 0 radical (unpaired) electrons. The fraction of sp³-hybridized carbons (Fsp3) is 0.625. The van der Waals surface area contributed by atoms with Crippen LogP contribution in [0.4, 0.5) is 18.9 Å². The van der Waals surface area contributed by atoms with Crippen molar-refractivity contribution >= 4 is 5.69 Å². The van der Waals surface area contributed by atoms with Crippen molar-refractivity contribution in [3.8, 4) is 5.75 Å². The van der Waals surface area contributed by atoms with E-state index < -0.39 is 11.7 Å². The summed E-state index contributed by atoms with van der Waals surface area (Å²) in [6.45, 7) is 4.27. The van der Waals surface area contributed by atoms with Crippen LogP contribution in [0, 0.1) is 11.8 Å². The zero-order chi connectivity index (χ0) is 15.6. The molecule has 0 bridgehead atoms. The van der Waals surface area contributed by atoms with Gasteiger partial charge in [0, 0.05) is 11.7 Å². The second-order valence-electron chi connectivity index (χ2n) is 5.93. The van der Waals surface area contributed by atoms with E-state index in [2.05, 4.69) is 19.2 Å². The van der Waals surface area contributed by atoms with Gasteiger partial charge in [-0.15, -0.1) is 0 Å². The van der Waals surface area contributed by atoms with E-state index in [1.807, 2.05) is 0 Å². The molecule has 0 aromatic heterocycles. The number of halogens is 3. The summed E-state index contributed by atoms with van der Waals surface area (Å²) in [5.74, 6) is 1.11. The highest BCUT2D eigenvalue weighted by atomic mass is 19.4. The fourth-order valence-corrected chi connectivity index (χ4v) is 3.00. The van der Waals surface area contributed by atoms with Crippen molar-refractivity contribution in [3.63, 3.8) is 0 Å². The predicted octanol–water partition coefficient (Wildman–Crippen LogP) is 4.95. The van der Waals surface area contributed by atoms with Crippen molar-refractivity contribution < 1.29 is 17.9 Å². The Labute approximate surface area is 123 Å². The van der Waals surface area contributed by atoms with Crippen molar-refractivity contribution in [2.45, 2.75) is 45.3 Å². The Morgan fingerprint density at radius 3 is 2.52 bits per heavy atom. The summed E-state index contributed by atoms with van der Waals surface area (Å²) in [6, 6.07) is 4.17. The number of alkyl halides is 3. The number of nitrogens with one attached hydrogen (secondary N) is 1. The summed E-state index contributed by atoms with van der Waals surface area (Å²) in [5, 5.41) is 3.11. The molecule has 1 aliphatic carbocycles. The molecule has 5 heteroatoms. The molecule has 0 spiro atoms. The molecule has 3 atom stereocenters. The highest BCUT2D eigenvalue weighted by molar-refractivity contribution is 5.56. The van der Waals surface area contributed by atoms with Crippen LogP contribution in [0.3, 0.4) is 0 Å². The van der Waals surface area contributed by atoms with Gasteiger partial charge in [-0.05, 0) is 36.5 Å². The highest BCUT2D eigenvalue weighted by Gasteiger charge is 2.35. The first-order valence-electron chi connectivity index (χ1n) is 7.34. The molecule has 0 aliphatic heterocycles. The smallest absolute Gasteiger partial charge is 0.418 e. The molecule has 1 aromatic rings. The van der Waals surface area contributed by atoms with Crippen molar-refractivity contribution in [3.05, 3.63) is 23.8 Å². The Kier molecular flexibility index (Phi) is 4.69.